The lowest BCUT2D eigenvalue weighted by atomic mass is 9.96. The van der Waals surface area contributed by atoms with E-state index < -0.39 is 0 Å². The minimum Gasteiger partial charge on any atom is -0.326 e. The molecule has 0 bridgehead atoms. The number of halogens is 1. The van der Waals surface area contributed by atoms with Gasteiger partial charge < -0.3 is 10.2 Å². The number of hydrogen-bond donors (Lipinski definition) is 1. The standard InChI is InChI=1S/C13H18N2O.ClH/c1-4-12(15(2)3)9-6-5-7-11-10(9)8-13(16)14-11;/h5-7,12H,4,8H2,1-3H3,(H,14,16);1H. The first-order valence-electron chi connectivity index (χ1n) is 5.71. The average Bonchev–Trinajstić information content (AvgIpc) is 2.59. The van der Waals surface area contributed by atoms with Gasteiger partial charge >= 0.3 is 0 Å². The summed E-state index contributed by atoms with van der Waals surface area (Å²) in [6.07, 6.45) is 1.58. The van der Waals surface area contributed by atoms with Crippen molar-refractivity contribution in [3.05, 3.63) is 29.3 Å². The van der Waals surface area contributed by atoms with Crippen LogP contribution < -0.4 is 5.32 Å². The van der Waals surface area contributed by atoms with Gasteiger partial charge in [-0.25, -0.2) is 0 Å². The van der Waals surface area contributed by atoms with Crippen LogP contribution in [-0.2, 0) is 11.2 Å². The van der Waals surface area contributed by atoms with Crippen molar-refractivity contribution in [3.63, 3.8) is 0 Å². The van der Waals surface area contributed by atoms with E-state index in [-0.39, 0.29) is 18.3 Å². The fourth-order valence-corrected chi connectivity index (χ4v) is 2.45. The predicted molar refractivity (Wildman–Crippen MR) is 72.7 cm³/mol. The first kappa shape index (κ1) is 14.0. The first-order valence-corrected chi connectivity index (χ1v) is 5.71. The summed E-state index contributed by atoms with van der Waals surface area (Å²) in [5, 5.41) is 2.90. The van der Waals surface area contributed by atoms with Crippen LogP contribution in [0, 0.1) is 0 Å². The quantitative estimate of drug-likeness (QED) is 0.899. The van der Waals surface area contributed by atoms with Gasteiger partial charge in [0.1, 0.15) is 0 Å². The molecular weight excluding hydrogens is 236 g/mol. The number of anilines is 1. The molecule has 1 amide bonds. The Morgan fingerprint density at radius 1 is 1.41 bits per heavy atom. The highest BCUT2D eigenvalue weighted by Gasteiger charge is 2.24. The predicted octanol–water partition coefficient (Wildman–Crippen LogP) is 2.62. The molecule has 1 atom stereocenters. The van der Waals surface area contributed by atoms with Crippen LogP contribution in [0.3, 0.4) is 0 Å². The van der Waals surface area contributed by atoms with Crippen LogP contribution >= 0.6 is 12.4 Å². The average molecular weight is 255 g/mol. The maximum atomic E-state index is 11.4. The van der Waals surface area contributed by atoms with E-state index in [4.69, 9.17) is 0 Å². The van der Waals surface area contributed by atoms with Gasteiger partial charge in [0.25, 0.3) is 0 Å². The summed E-state index contributed by atoms with van der Waals surface area (Å²) in [5.41, 5.74) is 3.44. The number of nitrogens with one attached hydrogen (secondary N) is 1. The molecule has 17 heavy (non-hydrogen) atoms. The molecule has 1 unspecified atom stereocenters. The van der Waals surface area contributed by atoms with Gasteiger partial charge in [0, 0.05) is 11.7 Å². The van der Waals surface area contributed by atoms with E-state index in [0.717, 1.165) is 12.1 Å². The minimum atomic E-state index is 0. The van der Waals surface area contributed by atoms with Crippen molar-refractivity contribution >= 4 is 24.0 Å². The third-order valence-electron chi connectivity index (χ3n) is 3.19. The van der Waals surface area contributed by atoms with Crippen molar-refractivity contribution in [3.8, 4) is 0 Å². The fourth-order valence-electron chi connectivity index (χ4n) is 2.45. The summed E-state index contributed by atoms with van der Waals surface area (Å²) in [6.45, 7) is 2.17. The van der Waals surface area contributed by atoms with Crippen molar-refractivity contribution in [1.29, 1.82) is 0 Å². The Morgan fingerprint density at radius 2 is 2.12 bits per heavy atom. The second kappa shape index (κ2) is 5.52. The molecule has 0 radical (unpaired) electrons. The lowest BCUT2D eigenvalue weighted by molar-refractivity contribution is -0.115. The smallest absolute Gasteiger partial charge is 0.228 e. The Labute approximate surface area is 109 Å². The molecule has 1 aromatic carbocycles. The second-order valence-electron chi connectivity index (χ2n) is 4.49. The Bertz CT molecular complexity index is 418. The molecule has 0 saturated carbocycles. The molecule has 1 aromatic rings. The van der Waals surface area contributed by atoms with E-state index >= 15 is 0 Å². The Morgan fingerprint density at radius 3 is 2.71 bits per heavy atom. The first-order chi connectivity index (χ1) is 7.63. The molecule has 1 aliphatic heterocycles. The zero-order valence-electron chi connectivity index (χ0n) is 10.5. The van der Waals surface area contributed by atoms with Gasteiger partial charge in [-0.05, 0) is 37.7 Å². The third-order valence-corrected chi connectivity index (χ3v) is 3.19. The van der Waals surface area contributed by atoms with E-state index in [1.807, 2.05) is 12.1 Å². The van der Waals surface area contributed by atoms with E-state index in [1.165, 1.54) is 11.1 Å². The molecule has 1 heterocycles. The fraction of sp³-hybridized carbons (Fsp3) is 0.462. The van der Waals surface area contributed by atoms with Crippen molar-refractivity contribution in [2.75, 3.05) is 19.4 Å². The Balaban J connectivity index is 0.00000144. The van der Waals surface area contributed by atoms with E-state index in [2.05, 4.69) is 37.3 Å². The lowest BCUT2D eigenvalue weighted by Gasteiger charge is -2.25. The summed E-state index contributed by atoms with van der Waals surface area (Å²) in [6, 6.07) is 6.52. The number of amides is 1. The third kappa shape index (κ3) is 2.61. The van der Waals surface area contributed by atoms with Crippen LogP contribution in [0.2, 0.25) is 0 Å². The van der Waals surface area contributed by atoms with E-state index in [0.29, 0.717) is 12.5 Å². The Kier molecular flexibility index (Phi) is 4.54. The lowest BCUT2D eigenvalue weighted by Crippen LogP contribution is -2.20. The molecule has 0 aliphatic carbocycles. The van der Waals surface area contributed by atoms with Gasteiger partial charge in [-0.3, -0.25) is 4.79 Å². The summed E-state index contributed by atoms with van der Waals surface area (Å²) < 4.78 is 0. The molecule has 3 nitrogen and oxygen atoms in total. The molecule has 0 fully saturated rings. The van der Waals surface area contributed by atoms with Crippen LogP contribution in [0.25, 0.3) is 0 Å². The molecule has 0 spiro atoms. The number of carbonyl (C=O) groups excluding carboxylic acids is 1. The number of rotatable bonds is 3. The van der Waals surface area contributed by atoms with Gasteiger partial charge in [0.15, 0.2) is 0 Å². The molecule has 1 N–H and O–H groups in total. The number of carbonyl (C=O) groups is 1. The minimum absolute atomic E-state index is 0. The van der Waals surface area contributed by atoms with Crippen molar-refractivity contribution in [2.24, 2.45) is 0 Å². The molecule has 2 rings (SSSR count). The van der Waals surface area contributed by atoms with Crippen molar-refractivity contribution in [1.82, 2.24) is 4.90 Å². The Hall–Kier alpha value is -1.06. The summed E-state index contributed by atoms with van der Waals surface area (Å²) in [7, 11) is 4.16. The van der Waals surface area contributed by atoms with Gasteiger partial charge in [-0.1, -0.05) is 19.1 Å². The van der Waals surface area contributed by atoms with Crippen LogP contribution in [0.1, 0.15) is 30.5 Å². The van der Waals surface area contributed by atoms with Gasteiger partial charge in [0.2, 0.25) is 5.91 Å². The number of nitrogens with zero attached hydrogens (tertiary/aromatic N) is 1. The molecule has 4 heteroatoms. The van der Waals surface area contributed by atoms with Crippen LogP contribution in [0.15, 0.2) is 18.2 Å². The van der Waals surface area contributed by atoms with Gasteiger partial charge in [-0.2, -0.15) is 0 Å². The van der Waals surface area contributed by atoms with Crippen molar-refractivity contribution < 1.29 is 4.79 Å². The zero-order chi connectivity index (χ0) is 11.7. The maximum absolute atomic E-state index is 11.4. The monoisotopic (exact) mass is 254 g/mol. The highest BCUT2D eigenvalue weighted by Crippen LogP contribution is 2.33. The van der Waals surface area contributed by atoms with E-state index in [1.54, 1.807) is 0 Å². The van der Waals surface area contributed by atoms with Crippen molar-refractivity contribution in [2.45, 2.75) is 25.8 Å². The molecule has 0 saturated heterocycles. The second-order valence-corrected chi connectivity index (χ2v) is 4.49. The molecule has 0 aromatic heterocycles. The number of fused-ring (bicyclic) bond motifs is 1. The topological polar surface area (TPSA) is 32.3 Å². The van der Waals surface area contributed by atoms with Gasteiger partial charge in [-0.15, -0.1) is 12.4 Å². The summed E-state index contributed by atoms with van der Waals surface area (Å²) in [5.74, 6) is 0.107. The maximum Gasteiger partial charge on any atom is 0.228 e. The summed E-state index contributed by atoms with van der Waals surface area (Å²) >= 11 is 0. The highest BCUT2D eigenvalue weighted by atomic mass is 35.5. The molecular formula is C13H19ClN2O. The molecule has 1 aliphatic rings. The largest absolute Gasteiger partial charge is 0.326 e. The van der Waals surface area contributed by atoms with Crippen LogP contribution in [0.5, 0.6) is 0 Å². The van der Waals surface area contributed by atoms with E-state index in [9.17, 15) is 4.79 Å². The van der Waals surface area contributed by atoms with Crippen LogP contribution in [-0.4, -0.2) is 24.9 Å². The number of hydrogen-bond acceptors (Lipinski definition) is 2. The highest BCUT2D eigenvalue weighted by molar-refractivity contribution is 5.99. The number of benzene rings is 1. The van der Waals surface area contributed by atoms with Crippen LogP contribution in [0.4, 0.5) is 5.69 Å². The van der Waals surface area contributed by atoms with Gasteiger partial charge in [0.05, 0.1) is 6.42 Å². The zero-order valence-corrected chi connectivity index (χ0v) is 11.3. The molecule has 94 valence electrons. The summed E-state index contributed by atoms with van der Waals surface area (Å²) in [4.78, 5) is 13.6. The normalized spacial score (nSPS) is 15.2. The SMILES string of the molecule is CCC(c1cccc2c1CC(=O)N2)N(C)C.Cl.